The maximum atomic E-state index is 14.0. The van der Waals surface area contributed by atoms with Crippen molar-refractivity contribution in [3.8, 4) is 0 Å². The number of oxime groups is 1. The molecule has 1 amide bonds. The van der Waals surface area contributed by atoms with E-state index in [1.54, 1.807) is 6.07 Å². The van der Waals surface area contributed by atoms with Gasteiger partial charge in [0.05, 0.1) is 12.3 Å². The van der Waals surface area contributed by atoms with Crippen LogP contribution in [0, 0.1) is 5.82 Å². The molecule has 6 nitrogen and oxygen atoms in total. The summed E-state index contributed by atoms with van der Waals surface area (Å²) in [4.78, 5) is 17.9. The quantitative estimate of drug-likeness (QED) is 0.507. The van der Waals surface area contributed by atoms with Crippen molar-refractivity contribution >= 4 is 56.6 Å². The molecule has 1 aliphatic heterocycles. The Morgan fingerprint density at radius 2 is 2.07 bits per heavy atom. The summed E-state index contributed by atoms with van der Waals surface area (Å²) in [6.45, 7) is 0.0666. The average molecular weight is 512 g/mol. The van der Waals surface area contributed by atoms with E-state index in [9.17, 15) is 9.18 Å². The SMILES string of the molecule is O=C(Nc1nn(Cc2c(F)cccc2Cl)cc1Cl)C1CC(c2cccc(Br)c2)=NO1. The topological polar surface area (TPSA) is 68.5 Å². The molecule has 1 atom stereocenters. The molecule has 0 radical (unpaired) electrons. The van der Waals surface area contributed by atoms with Crippen LogP contribution < -0.4 is 5.32 Å². The zero-order valence-electron chi connectivity index (χ0n) is 15.3. The van der Waals surface area contributed by atoms with Crippen molar-refractivity contribution in [2.75, 3.05) is 5.32 Å². The molecule has 0 fully saturated rings. The fourth-order valence-corrected chi connectivity index (χ4v) is 3.78. The highest BCUT2D eigenvalue weighted by Gasteiger charge is 2.30. The lowest BCUT2D eigenvalue weighted by atomic mass is 10.0. The predicted molar refractivity (Wildman–Crippen MR) is 117 cm³/mol. The Labute approximate surface area is 189 Å². The van der Waals surface area contributed by atoms with Gasteiger partial charge in [-0.15, -0.1) is 0 Å². The van der Waals surface area contributed by atoms with Crippen LogP contribution in [0.5, 0.6) is 0 Å². The van der Waals surface area contributed by atoms with E-state index in [4.69, 9.17) is 28.0 Å². The number of anilines is 1. The number of benzene rings is 2. The second-order valence-electron chi connectivity index (χ2n) is 6.56. The summed E-state index contributed by atoms with van der Waals surface area (Å²) in [5.41, 5.74) is 1.81. The lowest BCUT2D eigenvalue weighted by Crippen LogP contribution is -2.28. The van der Waals surface area contributed by atoms with Crippen LogP contribution in [-0.2, 0) is 16.2 Å². The van der Waals surface area contributed by atoms with Gasteiger partial charge in [0.2, 0.25) is 6.10 Å². The number of halogens is 4. The van der Waals surface area contributed by atoms with Crippen molar-refractivity contribution in [1.82, 2.24) is 9.78 Å². The Morgan fingerprint density at radius 3 is 2.83 bits per heavy atom. The lowest BCUT2D eigenvalue weighted by Gasteiger charge is -2.08. The molecule has 154 valence electrons. The van der Waals surface area contributed by atoms with Gasteiger partial charge in [0.25, 0.3) is 5.91 Å². The third-order valence-electron chi connectivity index (χ3n) is 4.46. The van der Waals surface area contributed by atoms with Crippen molar-refractivity contribution < 1.29 is 14.0 Å². The van der Waals surface area contributed by atoms with Crippen LogP contribution in [0.15, 0.2) is 58.3 Å². The molecule has 10 heteroatoms. The molecular weight excluding hydrogens is 498 g/mol. The standard InChI is InChI=1S/C20H14BrCl2FN4O2/c21-12-4-1-3-11(7-12)17-8-18(30-27-17)20(29)25-19-15(23)10-28(26-19)9-13-14(22)5-2-6-16(13)24/h1-7,10,18H,8-9H2,(H,25,26,29). The van der Waals surface area contributed by atoms with Gasteiger partial charge in [-0.1, -0.05) is 62.5 Å². The molecule has 0 bridgehead atoms. The first kappa shape index (κ1) is 20.8. The van der Waals surface area contributed by atoms with Crippen LogP contribution in [0.2, 0.25) is 10.0 Å². The van der Waals surface area contributed by atoms with E-state index in [1.165, 1.54) is 23.0 Å². The number of rotatable bonds is 5. The highest BCUT2D eigenvalue weighted by Crippen LogP contribution is 2.25. The summed E-state index contributed by atoms with van der Waals surface area (Å²) < 4.78 is 16.3. The van der Waals surface area contributed by atoms with Crippen molar-refractivity contribution in [1.29, 1.82) is 0 Å². The van der Waals surface area contributed by atoms with Gasteiger partial charge >= 0.3 is 0 Å². The van der Waals surface area contributed by atoms with Crippen molar-refractivity contribution in [2.45, 2.75) is 19.1 Å². The lowest BCUT2D eigenvalue weighted by molar-refractivity contribution is -0.125. The number of nitrogens with one attached hydrogen (secondary N) is 1. The van der Waals surface area contributed by atoms with Crippen molar-refractivity contribution in [2.24, 2.45) is 5.16 Å². The van der Waals surface area contributed by atoms with Gasteiger partial charge in [0.15, 0.2) is 5.82 Å². The molecule has 1 aliphatic rings. The fraction of sp³-hybridized carbons (Fsp3) is 0.150. The van der Waals surface area contributed by atoms with Crippen molar-refractivity contribution in [3.63, 3.8) is 0 Å². The third-order valence-corrected chi connectivity index (χ3v) is 5.58. The Kier molecular flexibility index (Phi) is 6.08. The van der Waals surface area contributed by atoms with Gasteiger partial charge in [0, 0.05) is 33.2 Å². The zero-order chi connectivity index (χ0) is 21.3. The van der Waals surface area contributed by atoms with Crippen LogP contribution in [0.3, 0.4) is 0 Å². The highest BCUT2D eigenvalue weighted by molar-refractivity contribution is 9.10. The normalized spacial score (nSPS) is 15.6. The second kappa shape index (κ2) is 8.75. The van der Waals surface area contributed by atoms with Crippen molar-refractivity contribution in [3.05, 3.63) is 80.1 Å². The molecular formula is C20H14BrCl2FN4O2. The third kappa shape index (κ3) is 4.50. The van der Waals surface area contributed by atoms with E-state index in [1.807, 2.05) is 24.3 Å². The highest BCUT2D eigenvalue weighted by atomic mass is 79.9. The monoisotopic (exact) mass is 510 g/mol. The molecule has 30 heavy (non-hydrogen) atoms. The van der Waals surface area contributed by atoms with Crippen LogP contribution >= 0.6 is 39.1 Å². The van der Waals surface area contributed by atoms with E-state index in [-0.39, 0.29) is 28.0 Å². The number of aromatic nitrogens is 2. The molecule has 0 aliphatic carbocycles. The summed E-state index contributed by atoms with van der Waals surface area (Å²) in [6.07, 6.45) is 0.992. The molecule has 2 heterocycles. The minimum absolute atomic E-state index is 0.0666. The number of nitrogens with zero attached hydrogens (tertiary/aromatic N) is 3. The average Bonchev–Trinajstić information content (AvgIpc) is 3.32. The summed E-state index contributed by atoms with van der Waals surface area (Å²) in [5, 5.41) is 11.4. The molecule has 1 N–H and O–H groups in total. The predicted octanol–water partition coefficient (Wildman–Crippen LogP) is 5.27. The Bertz CT molecular complexity index is 1130. The first-order valence-corrected chi connectivity index (χ1v) is 10.4. The second-order valence-corrected chi connectivity index (χ2v) is 8.29. The van der Waals surface area contributed by atoms with Gasteiger partial charge in [0.1, 0.15) is 10.8 Å². The first-order chi connectivity index (χ1) is 14.4. The van der Waals surface area contributed by atoms with Crippen LogP contribution in [0.4, 0.5) is 10.2 Å². The van der Waals surface area contributed by atoms with Crippen LogP contribution in [0.1, 0.15) is 17.5 Å². The van der Waals surface area contributed by atoms with E-state index in [2.05, 4.69) is 31.5 Å². The van der Waals surface area contributed by atoms with Gasteiger partial charge in [-0.05, 0) is 24.3 Å². The number of amides is 1. The number of carbonyl (C=O) groups excluding carboxylic acids is 1. The Morgan fingerprint density at radius 1 is 1.27 bits per heavy atom. The van der Waals surface area contributed by atoms with Gasteiger partial charge in [-0.2, -0.15) is 5.10 Å². The molecule has 1 aromatic heterocycles. The summed E-state index contributed by atoms with van der Waals surface area (Å²) in [7, 11) is 0. The van der Waals surface area contributed by atoms with E-state index in [0.717, 1.165) is 10.0 Å². The Hall–Kier alpha value is -2.42. The minimum atomic E-state index is -0.804. The molecule has 0 saturated carbocycles. The van der Waals surface area contributed by atoms with Gasteiger partial charge < -0.3 is 10.2 Å². The van der Waals surface area contributed by atoms with Gasteiger partial charge in [-0.25, -0.2) is 4.39 Å². The fourth-order valence-electron chi connectivity index (χ4n) is 2.96. The minimum Gasteiger partial charge on any atom is -0.382 e. The summed E-state index contributed by atoms with van der Waals surface area (Å²) in [6, 6.07) is 12.0. The molecule has 4 rings (SSSR count). The van der Waals surface area contributed by atoms with Gasteiger partial charge in [-0.3, -0.25) is 9.48 Å². The van der Waals surface area contributed by atoms with E-state index in [0.29, 0.717) is 12.1 Å². The van der Waals surface area contributed by atoms with Crippen LogP contribution in [0.25, 0.3) is 0 Å². The van der Waals surface area contributed by atoms with E-state index >= 15 is 0 Å². The molecule has 1 unspecified atom stereocenters. The maximum absolute atomic E-state index is 14.0. The first-order valence-electron chi connectivity index (χ1n) is 8.86. The largest absolute Gasteiger partial charge is 0.382 e. The smallest absolute Gasteiger partial charge is 0.269 e. The number of hydrogen-bond acceptors (Lipinski definition) is 4. The van der Waals surface area contributed by atoms with Crippen LogP contribution in [-0.4, -0.2) is 27.5 Å². The number of hydrogen-bond donors (Lipinski definition) is 1. The van der Waals surface area contributed by atoms with E-state index < -0.39 is 17.8 Å². The molecule has 2 aromatic carbocycles. The summed E-state index contributed by atoms with van der Waals surface area (Å²) >= 11 is 15.6. The molecule has 0 spiro atoms. The maximum Gasteiger partial charge on any atom is 0.269 e. The zero-order valence-corrected chi connectivity index (χ0v) is 18.4. The number of carbonyl (C=O) groups is 1. The summed E-state index contributed by atoms with van der Waals surface area (Å²) in [5.74, 6) is -0.732. The molecule has 3 aromatic rings. The Balaban J connectivity index is 1.42. The molecule has 0 saturated heterocycles.